The molecule has 4 rings (SSSR count). The third-order valence-electron chi connectivity index (χ3n) is 5.30. The Morgan fingerprint density at radius 2 is 1.69 bits per heavy atom. The van der Waals surface area contributed by atoms with Gasteiger partial charge in [-0.1, -0.05) is 54.6 Å². The molecule has 0 atom stereocenters. The summed E-state index contributed by atoms with van der Waals surface area (Å²) < 4.78 is 0. The lowest BCUT2D eigenvalue weighted by Gasteiger charge is -2.29. The van der Waals surface area contributed by atoms with Gasteiger partial charge in [-0.25, -0.2) is 0 Å². The Morgan fingerprint density at radius 3 is 2.47 bits per heavy atom. The molecule has 0 spiro atoms. The van der Waals surface area contributed by atoms with Gasteiger partial charge in [0.25, 0.3) is 5.91 Å². The maximum absolute atomic E-state index is 12.9. The van der Waals surface area contributed by atoms with Crippen molar-refractivity contribution in [2.24, 2.45) is 5.73 Å². The minimum Gasteiger partial charge on any atom is -0.348 e. The molecule has 162 valence electrons. The van der Waals surface area contributed by atoms with E-state index in [-0.39, 0.29) is 30.7 Å². The standard InChI is InChI=1S/C25H24N4O3/c26-14-18-7-4-8-19(11-18)15-27-25(32)20-9-10-22-21(13-20)28-23(30)16-29(22)24(31)12-17-5-2-1-3-6-17/h1-11,13H,12,14-16,26H2,(H,27,32)(H,28,30). The number of anilines is 2. The molecule has 0 unspecified atom stereocenters. The minimum atomic E-state index is -0.296. The van der Waals surface area contributed by atoms with Crippen LogP contribution in [0.3, 0.4) is 0 Å². The maximum atomic E-state index is 12.9. The highest BCUT2D eigenvalue weighted by Crippen LogP contribution is 2.31. The number of rotatable bonds is 6. The second kappa shape index (κ2) is 9.45. The van der Waals surface area contributed by atoms with Crippen LogP contribution in [0.2, 0.25) is 0 Å². The van der Waals surface area contributed by atoms with Gasteiger partial charge in [-0.2, -0.15) is 0 Å². The highest BCUT2D eigenvalue weighted by Gasteiger charge is 2.27. The fourth-order valence-corrected chi connectivity index (χ4v) is 3.67. The Balaban J connectivity index is 1.48. The van der Waals surface area contributed by atoms with Gasteiger partial charge in [0.2, 0.25) is 11.8 Å². The molecule has 0 fully saturated rings. The quantitative estimate of drug-likeness (QED) is 0.561. The van der Waals surface area contributed by atoms with Gasteiger partial charge in [-0.15, -0.1) is 0 Å². The molecule has 7 nitrogen and oxygen atoms in total. The molecule has 1 heterocycles. The molecule has 3 amide bonds. The second-order valence-corrected chi connectivity index (χ2v) is 7.63. The van der Waals surface area contributed by atoms with Crippen LogP contribution in [0.4, 0.5) is 11.4 Å². The Kier molecular flexibility index (Phi) is 6.28. The van der Waals surface area contributed by atoms with E-state index < -0.39 is 0 Å². The number of amides is 3. The third-order valence-corrected chi connectivity index (χ3v) is 5.30. The summed E-state index contributed by atoms with van der Waals surface area (Å²) in [4.78, 5) is 39.2. The van der Waals surface area contributed by atoms with Crippen molar-refractivity contribution < 1.29 is 14.4 Å². The molecule has 1 aliphatic heterocycles. The van der Waals surface area contributed by atoms with Crippen LogP contribution in [0.15, 0.2) is 72.8 Å². The van der Waals surface area contributed by atoms with E-state index >= 15 is 0 Å². The van der Waals surface area contributed by atoms with E-state index in [0.29, 0.717) is 30.0 Å². The van der Waals surface area contributed by atoms with Gasteiger partial charge in [-0.05, 0) is 34.9 Å². The van der Waals surface area contributed by atoms with Gasteiger partial charge in [0, 0.05) is 18.7 Å². The van der Waals surface area contributed by atoms with Crippen molar-refractivity contribution in [2.75, 3.05) is 16.8 Å². The first kappa shape index (κ1) is 21.3. The molecular weight excluding hydrogens is 404 g/mol. The van der Waals surface area contributed by atoms with Crippen LogP contribution in [0, 0.1) is 0 Å². The first-order chi connectivity index (χ1) is 15.5. The number of carbonyl (C=O) groups excluding carboxylic acids is 3. The molecule has 1 aliphatic rings. The number of nitrogens with one attached hydrogen (secondary N) is 2. The zero-order valence-electron chi connectivity index (χ0n) is 17.5. The Morgan fingerprint density at radius 1 is 0.938 bits per heavy atom. The van der Waals surface area contributed by atoms with E-state index in [1.807, 2.05) is 54.6 Å². The molecule has 7 heteroatoms. The molecule has 0 radical (unpaired) electrons. The van der Waals surface area contributed by atoms with E-state index in [0.717, 1.165) is 16.7 Å². The van der Waals surface area contributed by atoms with Gasteiger partial charge in [-0.3, -0.25) is 14.4 Å². The molecule has 0 saturated carbocycles. The fourth-order valence-electron chi connectivity index (χ4n) is 3.67. The summed E-state index contributed by atoms with van der Waals surface area (Å²) in [6, 6.07) is 22.0. The predicted molar refractivity (Wildman–Crippen MR) is 123 cm³/mol. The Bertz CT molecular complexity index is 1160. The monoisotopic (exact) mass is 428 g/mol. The minimum absolute atomic E-state index is 0.0539. The third kappa shape index (κ3) is 4.84. The number of carbonyl (C=O) groups is 3. The van der Waals surface area contributed by atoms with Crippen molar-refractivity contribution in [3.8, 4) is 0 Å². The SMILES string of the molecule is NCc1cccc(CNC(=O)c2ccc3c(c2)NC(=O)CN3C(=O)Cc2ccccc2)c1. The molecule has 0 aliphatic carbocycles. The first-order valence-corrected chi connectivity index (χ1v) is 10.4. The average molecular weight is 428 g/mol. The highest BCUT2D eigenvalue weighted by molar-refractivity contribution is 6.11. The largest absolute Gasteiger partial charge is 0.348 e. The van der Waals surface area contributed by atoms with Crippen molar-refractivity contribution in [1.29, 1.82) is 0 Å². The summed E-state index contributed by atoms with van der Waals surface area (Å²) >= 11 is 0. The molecule has 3 aromatic rings. The lowest BCUT2D eigenvalue weighted by molar-refractivity contribution is -0.121. The summed E-state index contributed by atoms with van der Waals surface area (Å²) in [6.45, 7) is 0.741. The molecule has 32 heavy (non-hydrogen) atoms. The first-order valence-electron chi connectivity index (χ1n) is 10.4. The fraction of sp³-hybridized carbons (Fsp3) is 0.160. The molecular formula is C25H24N4O3. The Labute approximate surface area is 186 Å². The van der Waals surface area contributed by atoms with Crippen molar-refractivity contribution in [1.82, 2.24) is 5.32 Å². The number of hydrogen-bond donors (Lipinski definition) is 3. The van der Waals surface area contributed by atoms with Crippen LogP contribution in [0.1, 0.15) is 27.0 Å². The average Bonchev–Trinajstić information content (AvgIpc) is 2.82. The molecule has 3 aromatic carbocycles. The summed E-state index contributed by atoms with van der Waals surface area (Å²) in [6.07, 6.45) is 0.192. The predicted octanol–water partition coefficient (Wildman–Crippen LogP) is 2.60. The number of nitrogens with zero attached hydrogens (tertiary/aromatic N) is 1. The number of benzene rings is 3. The van der Waals surface area contributed by atoms with Crippen LogP contribution in [-0.2, 0) is 29.1 Å². The van der Waals surface area contributed by atoms with Gasteiger partial charge < -0.3 is 21.3 Å². The van der Waals surface area contributed by atoms with Crippen molar-refractivity contribution >= 4 is 29.1 Å². The number of hydrogen-bond acceptors (Lipinski definition) is 4. The second-order valence-electron chi connectivity index (χ2n) is 7.63. The van der Waals surface area contributed by atoms with Crippen molar-refractivity contribution in [3.63, 3.8) is 0 Å². The van der Waals surface area contributed by atoms with E-state index in [1.54, 1.807) is 18.2 Å². The molecule has 0 aromatic heterocycles. The Hall–Kier alpha value is -3.97. The van der Waals surface area contributed by atoms with Gasteiger partial charge >= 0.3 is 0 Å². The van der Waals surface area contributed by atoms with E-state index in [2.05, 4.69) is 10.6 Å². The van der Waals surface area contributed by atoms with Crippen LogP contribution in [-0.4, -0.2) is 24.3 Å². The van der Waals surface area contributed by atoms with Crippen LogP contribution in [0.25, 0.3) is 0 Å². The summed E-state index contributed by atoms with van der Waals surface area (Å²) in [5, 5.41) is 5.64. The molecule has 0 bridgehead atoms. The van der Waals surface area contributed by atoms with Crippen molar-refractivity contribution in [3.05, 3.63) is 95.1 Å². The van der Waals surface area contributed by atoms with Gasteiger partial charge in [0.05, 0.1) is 17.8 Å². The van der Waals surface area contributed by atoms with E-state index in [1.165, 1.54) is 4.90 Å². The highest BCUT2D eigenvalue weighted by atomic mass is 16.2. The summed E-state index contributed by atoms with van der Waals surface area (Å²) in [5.74, 6) is -0.743. The smallest absolute Gasteiger partial charge is 0.251 e. The molecule has 4 N–H and O–H groups in total. The lowest BCUT2D eigenvalue weighted by atomic mass is 10.1. The normalized spacial score (nSPS) is 12.7. The van der Waals surface area contributed by atoms with Crippen LogP contribution >= 0.6 is 0 Å². The number of fused-ring (bicyclic) bond motifs is 1. The maximum Gasteiger partial charge on any atom is 0.251 e. The topological polar surface area (TPSA) is 105 Å². The lowest BCUT2D eigenvalue weighted by Crippen LogP contribution is -2.43. The van der Waals surface area contributed by atoms with Gasteiger partial charge in [0.15, 0.2) is 0 Å². The van der Waals surface area contributed by atoms with Crippen molar-refractivity contribution in [2.45, 2.75) is 19.5 Å². The number of nitrogens with two attached hydrogens (primary N) is 1. The summed E-state index contributed by atoms with van der Waals surface area (Å²) in [7, 11) is 0. The molecule has 0 saturated heterocycles. The van der Waals surface area contributed by atoms with Crippen LogP contribution in [0.5, 0.6) is 0 Å². The van der Waals surface area contributed by atoms with E-state index in [9.17, 15) is 14.4 Å². The van der Waals surface area contributed by atoms with Crippen LogP contribution < -0.4 is 21.3 Å². The zero-order chi connectivity index (χ0) is 22.5. The zero-order valence-corrected chi connectivity index (χ0v) is 17.5. The van der Waals surface area contributed by atoms with Gasteiger partial charge in [0.1, 0.15) is 6.54 Å². The van der Waals surface area contributed by atoms with E-state index in [4.69, 9.17) is 5.73 Å². The summed E-state index contributed by atoms with van der Waals surface area (Å²) in [5.41, 5.74) is 9.91.